The molecule has 6 nitrogen and oxygen atoms in total. The van der Waals surface area contributed by atoms with Crippen LogP contribution in [0.25, 0.3) is 0 Å². The molecule has 0 fully saturated rings. The van der Waals surface area contributed by atoms with Gasteiger partial charge in [0.05, 0.1) is 6.04 Å². The first-order chi connectivity index (χ1) is 12.4. The molecular formula is C19H20ClN3O3. The molecule has 1 aliphatic carbocycles. The molecule has 7 heteroatoms. The third-order valence-electron chi connectivity index (χ3n) is 4.61. The molecule has 1 atom stereocenters. The Hall–Kier alpha value is -2.60. The third-order valence-corrected chi connectivity index (χ3v) is 4.86. The van der Waals surface area contributed by atoms with Crippen molar-refractivity contribution in [2.75, 3.05) is 0 Å². The summed E-state index contributed by atoms with van der Waals surface area (Å²) in [5, 5.41) is 3.67. The Morgan fingerprint density at radius 2 is 2.00 bits per heavy atom. The Kier molecular flexibility index (Phi) is 5.42. The predicted octanol–water partition coefficient (Wildman–Crippen LogP) is 2.25. The van der Waals surface area contributed by atoms with E-state index in [0.29, 0.717) is 24.3 Å². The lowest BCUT2D eigenvalue weighted by atomic mass is 9.90. The highest BCUT2D eigenvalue weighted by Crippen LogP contribution is 2.28. The fraction of sp³-hybridized carbons (Fsp3) is 0.316. The number of aromatic nitrogens is 1. The van der Waals surface area contributed by atoms with Crippen LogP contribution in [-0.2, 0) is 17.6 Å². The zero-order valence-corrected chi connectivity index (χ0v) is 14.9. The molecule has 0 saturated carbocycles. The molecule has 4 N–H and O–H groups in total. The number of carbonyl (C=O) groups excluding carboxylic acids is 2. The average molecular weight is 374 g/mol. The Morgan fingerprint density at radius 1 is 1.27 bits per heavy atom. The first-order valence-corrected chi connectivity index (χ1v) is 8.91. The fourth-order valence-corrected chi connectivity index (χ4v) is 3.38. The van der Waals surface area contributed by atoms with Gasteiger partial charge in [0.25, 0.3) is 11.5 Å². The second-order valence-corrected chi connectivity index (χ2v) is 6.89. The summed E-state index contributed by atoms with van der Waals surface area (Å²) in [5.74, 6) is -0.850. The molecule has 2 amide bonds. The summed E-state index contributed by atoms with van der Waals surface area (Å²) in [7, 11) is 0. The summed E-state index contributed by atoms with van der Waals surface area (Å²) < 4.78 is 0. The first kappa shape index (κ1) is 18.2. The summed E-state index contributed by atoms with van der Waals surface area (Å²) >= 11 is 5.86. The van der Waals surface area contributed by atoms with Crippen LogP contribution in [0.5, 0.6) is 0 Å². The highest BCUT2D eigenvalue weighted by molar-refractivity contribution is 6.30. The summed E-state index contributed by atoms with van der Waals surface area (Å²) in [6, 6.07) is 8.68. The summed E-state index contributed by atoms with van der Waals surface area (Å²) in [5.41, 5.74) is 7.27. The number of hydrogen-bond donors (Lipinski definition) is 3. The molecule has 0 bridgehead atoms. The van der Waals surface area contributed by atoms with Gasteiger partial charge in [-0.05, 0) is 55.0 Å². The molecule has 1 aliphatic rings. The van der Waals surface area contributed by atoms with Gasteiger partial charge in [-0.25, -0.2) is 0 Å². The number of fused-ring (bicyclic) bond motifs is 1. The van der Waals surface area contributed by atoms with Crippen molar-refractivity contribution in [1.82, 2.24) is 10.3 Å². The van der Waals surface area contributed by atoms with Crippen molar-refractivity contribution in [3.8, 4) is 0 Å². The van der Waals surface area contributed by atoms with Crippen LogP contribution in [0, 0.1) is 0 Å². The van der Waals surface area contributed by atoms with E-state index < -0.39 is 11.5 Å². The normalized spacial score (nSPS) is 16.0. The molecule has 0 spiro atoms. The lowest BCUT2D eigenvalue weighted by Crippen LogP contribution is -2.34. The van der Waals surface area contributed by atoms with Crippen molar-refractivity contribution in [1.29, 1.82) is 0 Å². The van der Waals surface area contributed by atoms with Gasteiger partial charge in [0, 0.05) is 17.1 Å². The number of nitrogens with two attached hydrogens (primary N) is 1. The second kappa shape index (κ2) is 7.74. The number of pyridine rings is 1. The maximum Gasteiger partial charge on any atom is 0.261 e. The van der Waals surface area contributed by atoms with E-state index in [9.17, 15) is 14.4 Å². The van der Waals surface area contributed by atoms with Gasteiger partial charge in [-0.15, -0.1) is 0 Å². The maximum atomic E-state index is 12.3. The number of aromatic amines is 1. The topological polar surface area (TPSA) is 105 Å². The number of primary amides is 1. The van der Waals surface area contributed by atoms with Crippen LogP contribution in [-0.4, -0.2) is 16.8 Å². The van der Waals surface area contributed by atoms with Crippen LogP contribution in [0.15, 0.2) is 35.1 Å². The summed E-state index contributed by atoms with van der Waals surface area (Å²) in [6.07, 6.45) is 3.27. The molecule has 1 aromatic heterocycles. The minimum atomic E-state index is -0.771. The van der Waals surface area contributed by atoms with E-state index >= 15 is 0 Å². The van der Waals surface area contributed by atoms with Crippen molar-refractivity contribution in [3.63, 3.8) is 0 Å². The third kappa shape index (κ3) is 4.14. The zero-order valence-electron chi connectivity index (χ0n) is 14.2. The minimum absolute atomic E-state index is 0.0777. The molecular weight excluding hydrogens is 354 g/mol. The van der Waals surface area contributed by atoms with E-state index in [1.165, 1.54) is 6.07 Å². The van der Waals surface area contributed by atoms with Crippen molar-refractivity contribution in [2.45, 2.75) is 38.1 Å². The van der Waals surface area contributed by atoms with Gasteiger partial charge in [0.1, 0.15) is 5.56 Å². The van der Waals surface area contributed by atoms with Crippen molar-refractivity contribution in [3.05, 3.63) is 68.1 Å². The molecule has 3 rings (SSSR count). The van der Waals surface area contributed by atoms with Crippen LogP contribution in [0.1, 0.15) is 52.5 Å². The second-order valence-electron chi connectivity index (χ2n) is 6.45. The quantitative estimate of drug-likeness (QED) is 0.748. The van der Waals surface area contributed by atoms with Crippen LogP contribution in [0.2, 0.25) is 5.02 Å². The van der Waals surface area contributed by atoms with E-state index in [2.05, 4.69) is 10.3 Å². The SMILES string of the molecule is NC(=O)c1cc2c([nH]c1=O)CCCC2NC(=O)CCc1ccc(Cl)cc1. The van der Waals surface area contributed by atoms with Gasteiger partial charge in [-0.2, -0.15) is 0 Å². The van der Waals surface area contributed by atoms with E-state index in [4.69, 9.17) is 17.3 Å². The number of hydrogen-bond acceptors (Lipinski definition) is 3. The number of nitrogens with one attached hydrogen (secondary N) is 2. The highest BCUT2D eigenvalue weighted by atomic mass is 35.5. The zero-order chi connectivity index (χ0) is 18.7. The van der Waals surface area contributed by atoms with Crippen LogP contribution < -0.4 is 16.6 Å². The number of carbonyl (C=O) groups is 2. The van der Waals surface area contributed by atoms with Crippen molar-refractivity contribution >= 4 is 23.4 Å². The Labute approximate surface area is 155 Å². The smallest absolute Gasteiger partial charge is 0.261 e. The van der Waals surface area contributed by atoms with Gasteiger partial charge in [-0.3, -0.25) is 14.4 Å². The van der Waals surface area contributed by atoms with E-state index in [0.717, 1.165) is 29.7 Å². The molecule has 26 heavy (non-hydrogen) atoms. The minimum Gasteiger partial charge on any atom is -0.365 e. The van der Waals surface area contributed by atoms with Gasteiger partial charge >= 0.3 is 0 Å². The fourth-order valence-electron chi connectivity index (χ4n) is 3.25. The number of rotatable bonds is 5. The molecule has 1 aromatic carbocycles. The number of benzene rings is 1. The maximum absolute atomic E-state index is 12.3. The van der Waals surface area contributed by atoms with Gasteiger partial charge < -0.3 is 16.0 Å². The Morgan fingerprint density at radius 3 is 2.69 bits per heavy atom. The van der Waals surface area contributed by atoms with E-state index in [-0.39, 0.29) is 17.5 Å². The van der Waals surface area contributed by atoms with Gasteiger partial charge in [-0.1, -0.05) is 23.7 Å². The predicted molar refractivity (Wildman–Crippen MR) is 99.2 cm³/mol. The molecule has 1 unspecified atom stereocenters. The van der Waals surface area contributed by atoms with Crippen molar-refractivity contribution in [2.24, 2.45) is 5.73 Å². The highest BCUT2D eigenvalue weighted by Gasteiger charge is 2.24. The van der Waals surface area contributed by atoms with Gasteiger partial charge in [0.2, 0.25) is 5.91 Å². The lowest BCUT2D eigenvalue weighted by Gasteiger charge is -2.26. The molecule has 0 saturated heterocycles. The number of amides is 2. The lowest BCUT2D eigenvalue weighted by molar-refractivity contribution is -0.121. The monoisotopic (exact) mass is 373 g/mol. The van der Waals surface area contributed by atoms with E-state index in [1.807, 2.05) is 12.1 Å². The Bertz CT molecular complexity index is 890. The molecule has 1 heterocycles. The van der Waals surface area contributed by atoms with Crippen molar-refractivity contribution < 1.29 is 9.59 Å². The first-order valence-electron chi connectivity index (χ1n) is 8.54. The van der Waals surface area contributed by atoms with Crippen LogP contribution >= 0.6 is 11.6 Å². The van der Waals surface area contributed by atoms with Crippen LogP contribution in [0.3, 0.4) is 0 Å². The van der Waals surface area contributed by atoms with Gasteiger partial charge in [0.15, 0.2) is 0 Å². The summed E-state index contributed by atoms with van der Waals surface area (Å²) in [6.45, 7) is 0. The largest absolute Gasteiger partial charge is 0.365 e. The van der Waals surface area contributed by atoms with Crippen LogP contribution in [0.4, 0.5) is 0 Å². The standard InChI is InChI=1S/C19H20ClN3O3/c20-12-7-4-11(5-8-12)6-9-17(24)22-15-2-1-3-16-13(15)10-14(18(21)25)19(26)23-16/h4-5,7-8,10,15H,1-3,6,9H2,(H2,21,25)(H,22,24)(H,23,26). The number of aryl methyl sites for hydroxylation is 2. The molecule has 0 radical (unpaired) electrons. The Balaban J connectivity index is 1.70. The summed E-state index contributed by atoms with van der Waals surface area (Å²) in [4.78, 5) is 38.4. The molecule has 136 valence electrons. The van der Waals surface area contributed by atoms with E-state index in [1.54, 1.807) is 12.1 Å². The molecule has 0 aliphatic heterocycles. The number of H-pyrrole nitrogens is 1. The molecule has 2 aromatic rings. The average Bonchev–Trinajstić information content (AvgIpc) is 2.60. The number of halogens is 1.